The first-order valence-electron chi connectivity index (χ1n) is 7.44. The van der Waals surface area contributed by atoms with Gasteiger partial charge in [0.1, 0.15) is 5.75 Å². The highest BCUT2D eigenvalue weighted by atomic mass is 16.5. The molecular weight excluding hydrogens is 238 g/mol. The lowest BCUT2D eigenvalue weighted by atomic mass is 9.92. The second kappa shape index (κ2) is 5.93. The van der Waals surface area contributed by atoms with Gasteiger partial charge in [0.15, 0.2) is 0 Å². The molecule has 1 N–H and O–H groups in total. The molecule has 3 rings (SSSR count). The lowest BCUT2D eigenvalue weighted by molar-refractivity contribution is 0.181. The van der Waals surface area contributed by atoms with Crippen LogP contribution in [0.2, 0.25) is 0 Å². The molecule has 0 spiro atoms. The Bertz CT molecular complexity index is 427. The fourth-order valence-electron chi connectivity index (χ4n) is 3.18. The van der Waals surface area contributed by atoms with Gasteiger partial charge in [0.25, 0.3) is 0 Å². The molecule has 2 aliphatic rings. The van der Waals surface area contributed by atoms with Crippen molar-refractivity contribution in [3.05, 3.63) is 29.3 Å². The van der Waals surface area contributed by atoms with Crippen molar-refractivity contribution in [1.82, 2.24) is 5.32 Å². The summed E-state index contributed by atoms with van der Waals surface area (Å²) in [7, 11) is 0. The number of rotatable bonds is 5. The fraction of sp³-hybridized carbons (Fsp3) is 0.625. The van der Waals surface area contributed by atoms with Crippen molar-refractivity contribution in [2.75, 3.05) is 26.4 Å². The number of hydrogen-bond acceptors (Lipinski definition) is 3. The Hall–Kier alpha value is -1.06. The van der Waals surface area contributed by atoms with Gasteiger partial charge in [-0.25, -0.2) is 0 Å². The van der Waals surface area contributed by atoms with Crippen LogP contribution in [0.1, 0.15) is 36.9 Å². The Morgan fingerprint density at radius 3 is 3.11 bits per heavy atom. The molecular formula is C16H23NO2. The van der Waals surface area contributed by atoms with E-state index < -0.39 is 0 Å². The second-order valence-electron chi connectivity index (χ2n) is 5.51. The third-order valence-corrected chi connectivity index (χ3v) is 4.16. The maximum atomic E-state index is 5.85. The van der Waals surface area contributed by atoms with Crippen LogP contribution in [0.5, 0.6) is 5.75 Å². The number of hydrogen-bond donors (Lipinski definition) is 1. The zero-order valence-corrected chi connectivity index (χ0v) is 11.7. The van der Waals surface area contributed by atoms with Crippen molar-refractivity contribution in [3.8, 4) is 5.75 Å². The van der Waals surface area contributed by atoms with E-state index in [1.165, 1.54) is 17.5 Å². The van der Waals surface area contributed by atoms with E-state index in [0.717, 1.165) is 45.0 Å². The zero-order valence-electron chi connectivity index (χ0n) is 11.7. The molecule has 19 heavy (non-hydrogen) atoms. The van der Waals surface area contributed by atoms with E-state index in [1.54, 1.807) is 0 Å². The van der Waals surface area contributed by atoms with Crippen LogP contribution in [0.4, 0.5) is 0 Å². The minimum atomic E-state index is 0.393. The molecule has 0 aromatic heterocycles. The van der Waals surface area contributed by atoms with Gasteiger partial charge in [-0.05, 0) is 30.9 Å². The molecule has 0 bridgehead atoms. The number of benzene rings is 1. The highest BCUT2D eigenvalue weighted by Gasteiger charge is 2.25. The molecule has 1 aromatic carbocycles. The zero-order chi connectivity index (χ0) is 13.1. The Morgan fingerprint density at radius 2 is 2.32 bits per heavy atom. The van der Waals surface area contributed by atoms with Crippen LogP contribution in [-0.2, 0) is 11.2 Å². The lowest BCUT2D eigenvalue weighted by Crippen LogP contribution is -2.24. The number of ether oxygens (including phenoxy) is 2. The highest BCUT2D eigenvalue weighted by molar-refractivity contribution is 5.45. The number of nitrogens with one attached hydrogen (secondary N) is 1. The molecule has 0 amide bonds. The molecule has 2 unspecified atom stereocenters. The van der Waals surface area contributed by atoms with Crippen molar-refractivity contribution >= 4 is 0 Å². The van der Waals surface area contributed by atoms with Gasteiger partial charge in [0.05, 0.1) is 6.61 Å². The predicted molar refractivity (Wildman–Crippen MR) is 75.6 cm³/mol. The van der Waals surface area contributed by atoms with E-state index in [9.17, 15) is 0 Å². The summed E-state index contributed by atoms with van der Waals surface area (Å²) in [4.78, 5) is 0. The molecule has 3 heteroatoms. The fourth-order valence-corrected chi connectivity index (χ4v) is 3.18. The minimum Gasteiger partial charge on any atom is -0.493 e. The largest absolute Gasteiger partial charge is 0.493 e. The smallest absolute Gasteiger partial charge is 0.127 e. The summed E-state index contributed by atoms with van der Waals surface area (Å²) in [5.74, 6) is 1.81. The minimum absolute atomic E-state index is 0.393. The van der Waals surface area contributed by atoms with Gasteiger partial charge < -0.3 is 14.8 Å². The van der Waals surface area contributed by atoms with Crippen LogP contribution < -0.4 is 10.1 Å². The summed E-state index contributed by atoms with van der Waals surface area (Å²) in [6.07, 6.45) is 3.39. The molecule has 1 saturated heterocycles. The van der Waals surface area contributed by atoms with Gasteiger partial charge in [-0.1, -0.05) is 25.1 Å². The molecule has 1 fully saturated rings. The van der Waals surface area contributed by atoms with Crippen molar-refractivity contribution < 1.29 is 9.47 Å². The van der Waals surface area contributed by atoms with Gasteiger partial charge in [-0.3, -0.25) is 0 Å². The maximum Gasteiger partial charge on any atom is 0.127 e. The van der Waals surface area contributed by atoms with Crippen LogP contribution in [-0.4, -0.2) is 26.4 Å². The van der Waals surface area contributed by atoms with Crippen LogP contribution in [0.3, 0.4) is 0 Å². The SMILES string of the molecule is CCNC(CC1CCOC1)c1cccc2c1OCC2. The van der Waals surface area contributed by atoms with Gasteiger partial charge in [0, 0.05) is 31.2 Å². The topological polar surface area (TPSA) is 30.5 Å². The molecule has 0 radical (unpaired) electrons. The molecule has 0 aliphatic carbocycles. The summed E-state index contributed by atoms with van der Waals surface area (Å²) < 4.78 is 11.4. The van der Waals surface area contributed by atoms with Crippen molar-refractivity contribution in [1.29, 1.82) is 0 Å². The first-order chi connectivity index (χ1) is 9.38. The number of para-hydroxylation sites is 1. The van der Waals surface area contributed by atoms with Gasteiger partial charge in [0.2, 0.25) is 0 Å². The van der Waals surface area contributed by atoms with Gasteiger partial charge >= 0.3 is 0 Å². The first kappa shape index (κ1) is 12.9. The van der Waals surface area contributed by atoms with Crippen LogP contribution in [0.25, 0.3) is 0 Å². The van der Waals surface area contributed by atoms with E-state index >= 15 is 0 Å². The van der Waals surface area contributed by atoms with Crippen LogP contribution in [0.15, 0.2) is 18.2 Å². The average molecular weight is 261 g/mol. The second-order valence-corrected chi connectivity index (χ2v) is 5.51. The summed E-state index contributed by atoms with van der Waals surface area (Å²) in [6, 6.07) is 6.96. The summed E-state index contributed by atoms with van der Waals surface area (Å²) >= 11 is 0. The molecule has 0 saturated carbocycles. The van der Waals surface area contributed by atoms with E-state index in [0.29, 0.717) is 12.0 Å². The third kappa shape index (κ3) is 2.77. The Balaban J connectivity index is 1.80. The van der Waals surface area contributed by atoms with E-state index in [1.807, 2.05) is 0 Å². The summed E-state index contributed by atoms with van der Waals surface area (Å²) in [5, 5.41) is 3.62. The molecule has 2 heterocycles. The van der Waals surface area contributed by atoms with Crippen LogP contribution in [0, 0.1) is 5.92 Å². The Labute approximate surface area is 115 Å². The normalized spacial score (nSPS) is 23.1. The monoisotopic (exact) mass is 261 g/mol. The Kier molecular flexibility index (Phi) is 4.04. The summed E-state index contributed by atoms with van der Waals surface area (Å²) in [5.41, 5.74) is 2.70. The molecule has 2 atom stereocenters. The van der Waals surface area contributed by atoms with Gasteiger partial charge in [-0.2, -0.15) is 0 Å². The van der Waals surface area contributed by atoms with Crippen molar-refractivity contribution in [3.63, 3.8) is 0 Å². The molecule has 104 valence electrons. The standard InChI is InChI=1S/C16H23NO2/c1-2-17-15(10-12-6-8-18-11-12)14-5-3-4-13-7-9-19-16(13)14/h3-5,12,15,17H,2,6-11H2,1H3. The lowest BCUT2D eigenvalue weighted by Gasteiger charge is -2.23. The van der Waals surface area contributed by atoms with Crippen molar-refractivity contribution in [2.24, 2.45) is 5.92 Å². The molecule has 1 aromatic rings. The van der Waals surface area contributed by atoms with Crippen molar-refractivity contribution in [2.45, 2.75) is 32.2 Å². The van der Waals surface area contributed by atoms with Crippen LogP contribution >= 0.6 is 0 Å². The highest BCUT2D eigenvalue weighted by Crippen LogP contribution is 2.36. The number of fused-ring (bicyclic) bond motifs is 1. The molecule has 3 nitrogen and oxygen atoms in total. The van der Waals surface area contributed by atoms with E-state index in [4.69, 9.17) is 9.47 Å². The van der Waals surface area contributed by atoms with Gasteiger partial charge in [-0.15, -0.1) is 0 Å². The quantitative estimate of drug-likeness (QED) is 0.884. The first-order valence-corrected chi connectivity index (χ1v) is 7.44. The van der Waals surface area contributed by atoms with E-state index in [2.05, 4.69) is 30.4 Å². The average Bonchev–Trinajstić information content (AvgIpc) is 3.08. The van der Waals surface area contributed by atoms with E-state index in [-0.39, 0.29) is 0 Å². The molecule has 2 aliphatic heterocycles. The Morgan fingerprint density at radius 1 is 1.37 bits per heavy atom. The summed E-state index contributed by atoms with van der Waals surface area (Å²) in [6.45, 7) is 5.83. The maximum absolute atomic E-state index is 5.85. The predicted octanol–water partition coefficient (Wildman–Crippen LogP) is 2.70. The third-order valence-electron chi connectivity index (χ3n) is 4.16.